The molecule has 0 amide bonds. The summed E-state index contributed by atoms with van der Waals surface area (Å²) in [5.41, 5.74) is 0.963. The maximum Gasteiger partial charge on any atom is 0.0959 e. The van der Waals surface area contributed by atoms with Crippen molar-refractivity contribution < 1.29 is 0 Å². The van der Waals surface area contributed by atoms with Crippen molar-refractivity contribution in [1.29, 1.82) is 5.26 Å². The third-order valence-electron chi connectivity index (χ3n) is 3.28. The van der Waals surface area contributed by atoms with Crippen LogP contribution in [0, 0.1) is 11.3 Å². The minimum absolute atomic E-state index is 0.462. The summed E-state index contributed by atoms with van der Waals surface area (Å²) in [6, 6.07) is 2.17. The molecule has 1 heterocycles. The summed E-state index contributed by atoms with van der Waals surface area (Å²) in [4.78, 5) is 4.59. The van der Waals surface area contributed by atoms with Crippen LogP contribution in [0.2, 0.25) is 0 Å². The average Bonchev–Trinajstić information content (AvgIpc) is 2.66. The van der Waals surface area contributed by atoms with Crippen LogP contribution in [0.15, 0.2) is 5.38 Å². The van der Waals surface area contributed by atoms with Crippen LogP contribution < -0.4 is 0 Å². The second-order valence-corrected chi connectivity index (χ2v) is 5.44. The van der Waals surface area contributed by atoms with E-state index in [1.807, 2.05) is 0 Å². The molecule has 0 aliphatic heterocycles. The van der Waals surface area contributed by atoms with Crippen molar-refractivity contribution >= 4 is 11.3 Å². The standard InChI is InChI=1S/C13H18N2S/c14-9-8-12-10-16-13(15-12)11-6-4-2-1-3-5-7-11/h10-11H,1-8H2. The molecule has 1 aromatic heterocycles. The van der Waals surface area contributed by atoms with Crippen molar-refractivity contribution in [3.05, 3.63) is 16.1 Å². The van der Waals surface area contributed by atoms with Gasteiger partial charge in [-0.3, -0.25) is 0 Å². The minimum atomic E-state index is 0.462. The molecule has 1 aliphatic rings. The zero-order valence-corrected chi connectivity index (χ0v) is 10.4. The number of nitriles is 1. The lowest BCUT2D eigenvalue weighted by atomic mass is 9.92. The van der Waals surface area contributed by atoms with Gasteiger partial charge in [0.15, 0.2) is 0 Å². The highest BCUT2D eigenvalue weighted by molar-refractivity contribution is 7.09. The van der Waals surface area contributed by atoms with Gasteiger partial charge in [0.25, 0.3) is 0 Å². The Morgan fingerprint density at radius 1 is 1.25 bits per heavy atom. The number of nitrogens with zero attached hydrogens (tertiary/aromatic N) is 2. The topological polar surface area (TPSA) is 36.7 Å². The number of hydrogen-bond donors (Lipinski definition) is 0. The van der Waals surface area contributed by atoms with Gasteiger partial charge in [0.2, 0.25) is 0 Å². The van der Waals surface area contributed by atoms with Gasteiger partial charge in [-0.2, -0.15) is 5.26 Å². The fourth-order valence-corrected chi connectivity index (χ4v) is 3.37. The van der Waals surface area contributed by atoms with Crippen molar-refractivity contribution in [2.24, 2.45) is 0 Å². The van der Waals surface area contributed by atoms with Gasteiger partial charge in [-0.05, 0) is 12.8 Å². The van der Waals surface area contributed by atoms with E-state index in [4.69, 9.17) is 5.26 Å². The lowest BCUT2D eigenvalue weighted by molar-refractivity contribution is 0.454. The molecule has 2 nitrogen and oxygen atoms in total. The normalized spacial score (nSPS) is 18.7. The highest BCUT2D eigenvalue weighted by Gasteiger charge is 2.16. The average molecular weight is 234 g/mol. The van der Waals surface area contributed by atoms with Crippen LogP contribution in [0.4, 0.5) is 0 Å². The first-order chi connectivity index (χ1) is 7.90. The van der Waals surface area contributed by atoms with Crippen LogP contribution in [0.25, 0.3) is 0 Å². The van der Waals surface area contributed by atoms with Crippen LogP contribution in [-0.2, 0) is 6.42 Å². The largest absolute Gasteiger partial charge is 0.245 e. The minimum Gasteiger partial charge on any atom is -0.245 e. The summed E-state index contributed by atoms with van der Waals surface area (Å²) < 4.78 is 0. The van der Waals surface area contributed by atoms with Gasteiger partial charge in [0.05, 0.1) is 23.2 Å². The van der Waals surface area contributed by atoms with Gasteiger partial charge in [-0.15, -0.1) is 11.3 Å². The molecule has 1 fully saturated rings. The number of aromatic nitrogens is 1. The van der Waals surface area contributed by atoms with E-state index >= 15 is 0 Å². The summed E-state index contributed by atoms with van der Waals surface area (Å²) in [5.74, 6) is 0.665. The van der Waals surface area contributed by atoms with E-state index in [1.54, 1.807) is 11.3 Å². The SMILES string of the molecule is N#CCc1csc(C2CCCCCCC2)n1. The smallest absolute Gasteiger partial charge is 0.0959 e. The van der Waals surface area contributed by atoms with Gasteiger partial charge in [0.1, 0.15) is 0 Å². The second kappa shape index (κ2) is 6.00. The van der Waals surface area contributed by atoms with Crippen molar-refractivity contribution in [3.63, 3.8) is 0 Å². The van der Waals surface area contributed by atoms with E-state index < -0.39 is 0 Å². The molecular weight excluding hydrogens is 216 g/mol. The predicted molar refractivity (Wildman–Crippen MR) is 66.5 cm³/mol. The first kappa shape index (κ1) is 11.6. The van der Waals surface area contributed by atoms with Crippen molar-refractivity contribution in [1.82, 2.24) is 4.98 Å². The van der Waals surface area contributed by atoms with Crippen LogP contribution in [-0.4, -0.2) is 4.98 Å². The zero-order valence-electron chi connectivity index (χ0n) is 9.61. The molecule has 0 radical (unpaired) electrons. The molecule has 16 heavy (non-hydrogen) atoms. The van der Waals surface area contributed by atoms with Gasteiger partial charge in [-0.25, -0.2) is 4.98 Å². The van der Waals surface area contributed by atoms with E-state index in [1.165, 1.54) is 50.0 Å². The fraction of sp³-hybridized carbons (Fsp3) is 0.692. The second-order valence-electron chi connectivity index (χ2n) is 4.55. The van der Waals surface area contributed by atoms with E-state index in [0.29, 0.717) is 12.3 Å². The van der Waals surface area contributed by atoms with Crippen LogP contribution in [0.3, 0.4) is 0 Å². The monoisotopic (exact) mass is 234 g/mol. The molecule has 1 aromatic rings. The molecule has 0 saturated heterocycles. The maximum atomic E-state index is 8.64. The molecule has 0 spiro atoms. The molecule has 3 heteroatoms. The Balaban J connectivity index is 2.00. The van der Waals surface area contributed by atoms with Crippen LogP contribution in [0.1, 0.15) is 61.6 Å². The third kappa shape index (κ3) is 3.05. The first-order valence-electron chi connectivity index (χ1n) is 6.21. The Kier molecular flexibility index (Phi) is 4.35. The van der Waals surface area contributed by atoms with E-state index in [-0.39, 0.29) is 0 Å². The highest BCUT2D eigenvalue weighted by atomic mass is 32.1. The lowest BCUT2D eigenvalue weighted by Crippen LogP contribution is -2.02. The first-order valence-corrected chi connectivity index (χ1v) is 7.09. The molecular formula is C13H18N2S. The molecule has 1 saturated carbocycles. The lowest BCUT2D eigenvalue weighted by Gasteiger charge is -2.17. The summed E-state index contributed by atoms with van der Waals surface area (Å²) in [5, 5.41) is 12.0. The molecule has 0 bridgehead atoms. The van der Waals surface area contributed by atoms with Gasteiger partial charge in [0, 0.05) is 11.3 Å². The Morgan fingerprint density at radius 2 is 1.94 bits per heavy atom. The summed E-state index contributed by atoms with van der Waals surface area (Å²) in [7, 11) is 0. The zero-order chi connectivity index (χ0) is 11.2. The molecule has 1 aliphatic carbocycles. The number of rotatable bonds is 2. The molecule has 0 aromatic carbocycles. The Morgan fingerprint density at radius 3 is 2.62 bits per heavy atom. The Labute approximate surface area is 101 Å². The van der Waals surface area contributed by atoms with Crippen LogP contribution >= 0.6 is 11.3 Å². The van der Waals surface area contributed by atoms with E-state index in [9.17, 15) is 0 Å². The van der Waals surface area contributed by atoms with E-state index in [0.717, 1.165) is 5.69 Å². The Bertz CT molecular complexity index is 356. The highest BCUT2D eigenvalue weighted by Crippen LogP contribution is 2.32. The van der Waals surface area contributed by atoms with Crippen molar-refractivity contribution in [2.45, 2.75) is 57.3 Å². The van der Waals surface area contributed by atoms with Crippen molar-refractivity contribution in [2.75, 3.05) is 0 Å². The molecule has 2 rings (SSSR count). The molecule has 0 unspecified atom stereocenters. The molecule has 86 valence electrons. The maximum absolute atomic E-state index is 8.64. The number of hydrogen-bond acceptors (Lipinski definition) is 3. The van der Waals surface area contributed by atoms with Crippen LogP contribution in [0.5, 0.6) is 0 Å². The summed E-state index contributed by atoms with van der Waals surface area (Å²) in [6.45, 7) is 0. The summed E-state index contributed by atoms with van der Waals surface area (Å²) in [6.07, 6.45) is 9.90. The predicted octanol–water partition coefficient (Wildman–Crippen LogP) is 4.04. The molecule has 0 atom stereocenters. The van der Waals surface area contributed by atoms with Gasteiger partial charge >= 0.3 is 0 Å². The summed E-state index contributed by atoms with van der Waals surface area (Å²) >= 11 is 1.75. The van der Waals surface area contributed by atoms with Gasteiger partial charge < -0.3 is 0 Å². The Hall–Kier alpha value is -0.880. The van der Waals surface area contributed by atoms with Crippen molar-refractivity contribution in [3.8, 4) is 6.07 Å². The molecule has 0 N–H and O–H groups in total. The fourth-order valence-electron chi connectivity index (χ4n) is 2.38. The van der Waals surface area contributed by atoms with Gasteiger partial charge in [-0.1, -0.05) is 32.1 Å². The van der Waals surface area contributed by atoms with E-state index in [2.05, 4.69) is 16.4 Å². The quantitative estimate of drug-likeness (QED) is 0.774. The third-order valence-corrected chi connectivity index (χ3v) is 4.34. The number of thiazole rings is 1.